The summed E-state index contributed by atoms with van der Waals surface area (Å²) in [6, 6.07) is 4.13. The third-order valence-electron chi connectivity index (χ3n) is 5.01. The number of hydrogen-bond donors (Lipinski definition) is 2. The van der Waals surface area contributed by atoms with Crippen molar-refractivity contribution in [3.8, 4) is 11.5 Å². The number of nitrogens with one attached hydrogen (secondary N) is 2. The van der Waals surface area contributed by atoms with Gasteiger partial charge in [-0.2, -0.15) is 0 Å². The lowest BCUT2D eigenvalue weighted by Crippen LogP contribution is -2.36. The van der Waals surface area contributed by atoms with E-state index in [1.807, 2.05) is 0 Å². The summed E-state index contributed by atoms with van der Waals surface area (Å²) in [5.41, 5.74) is 4.34. The molecule has 2 heterocycles. The van der Waals surface area contributed by atoms with Crippen molar-refractivity contribution >= 4 is 5.96 Å². The Labute approximate surface area is 166 Å². The average molecular weight is 386 g/mol. The number of guanidine groups is 1. The molecule has 7 nitrogen and oxygen atoms in total. The standard InChI is InChI=1S/C21H30N4O3/c1-6-17-16(18(7-2)28-25-17)12-24-21(22-4)23-11-15-10-20-14(8-13(3)27-20)9-19(15)26-5/h9-10,13H,6-8,11-12H2,1-5H3,(H2,22,23,24). The van der Waals surface area contributed by atoms with Crippen molar-refractivity contribution in [2.24, 2.45) is 4.99 Å². The van der Waals surface area contributed by atoms with Gasteiger partial charge in [0.1, 0.15) is 23.4 Å². The largest absolute Gasteiger partial charge is 0.496 e. The van der Waals surface area contributed by atoms with E-state index in [4.69, 9.17) is 14.0 Å². The van der Waals surface area contributed by atoms with E-state index in [0.29, 0.717) is 19.0 Å². The van der Waals surface area contributed by atoms with Crippen LogP contribution in [-0.2, 0) is 32.4 Å². The van der Waals surface area contributed by atoms with Gasteiger partial charge in [0.25, 0.3) is 0 Å². The molecular weight excluding hydrogens is 356 g/mol. The minimum atomic E-state index is 0.210. The van der Waals surface area contributed by atoms with Gasteiger partial charge in [0.2, 0.25) is 0 Å². The first-order chi connectivity index (χ1) is 13.6. The fourth-order valence-electron chi connectivity index (χ4n) is 3.52. The van der Waals surface area contributed by atoms with Crippen molar-refractivity contribution < 1.29 is 14.0 Å². The summed E-state index contributed by atoms with van der Waals surface area (Å²) in [5.74, 6) is 3.44. The minimum Gasteiger partial charge on any atom is -0.496 e. The van der Waals surface area contributed by atoms with Crippen LogP contribution in [0, 0.1) is 0 Å². The van der Waals surface area contributed by atoms with Crippen LogP contribution in [0.4, 0.5) is 0 Å². The third-order valence-corrected chi connectivity index (χ3v) is 5.01. The normalized spacial score (nSPS) is 15.9. The smallest absolute Gasteiger partial charge is 0.191 e. The summed E-state index contributed by atoms with van der Waals surface area (Å²) in [6.07, 6.45) is 2.79. The fraction of sp³-hybridized carbons (Fsp3) is 0.524. The lowest BCUT2D eigenvalue weighted by molar-refractivity contribution is 0.254. The second kappa shape index (κ2) is 8.99. The molecule has 1 aromatic carbocycles. The number of aromatic nitrogens is 1. The number of rotatable bonds is 7. The molecular formula is C21H30N4O3. The van der Waals surface area contributed by atoms with Crippen LogP contribution in [0.25, 0.3) is 0 Å². The van der Waals surface area contributed by atoms with E-state index < -0.39 is 0 Å². The zero-order valence-electron chi connectivity index (χ0n) is 17.4. The lowest BCUT2D eigenvalue weighted by Gasteiger charge is -2.15. The highest BCUT2D eigenvalue weighted by Crippen LogP contribution is 2.34. The van der Waals surface area contributed by atoms with Gasteiger partial charge in [-0.1, -0.05) is 19.0 Å². The molecule has 1 aliphatic heterocycles. The van der Waals surface area contributed by atoms with E-state index in [1.165, 1.54) is 5.56 Å². The number of hydrogen-bond acceptors (Lipinski definition) is 5. The number of aliphatic imine (C=N–C) groups is 1. The maximum absolute atomic E-state index is 5.88. The highest BCUT2D eigenvalue weighted by molar-refractivity contribution is 5.79. The summed E-state index contributed by atoms with van der Waals surface area (Å²) < 4.78 is 16.9. The van der Waals surface area contributed by atoms with E-state index in [0.717, 1.165) is 53.3 Å². The summed E-state index contributed by atoms with van der Waals surface area (Å²) in [5, 5.41) is 10.9. The maximum atomic E-state index is 5.88. The minimum absolute atomic E-state index is 0.210. The van der Waals surface area contributed by atoms with Crippen LogP contribution < -0.4 is 20.1 Å². The van der Waals surface area contributed by atoms with Gasteiger partial charge < -0.3 is 24.6 Å². The Morgan fingerprint density at radius 3 is 2.71 bits per heavy atom. The van der Waals surface area contributed by atoms with Gasteiger partial charge in [-0.3, -0.25) is 4.99 Å². The van der Waals surface area contributed by atoms with Gasteiger partial charge in [0.15, 0.2) is 5.96 Å². The number of aryl methyl sites for hydroxylation is 2. The van der Waals surface area contributed by atoms with Crippen LogP contribution in [-0.4, -0.2) is 31.4 Å². The van der Waals surface area contributed by atoms with Crippen molar-refractivity contribution in [3.05, 3.63) is 40.3 Å². The highest BCUT2D eigenvalue weighted by Gasteiger charge is 2.22. The van der Waals surface area contributed by atoms with Gasteiger partial charge in [0.05, 0.1) is 12.8 Å². The van der Waals surface area contributed by atoms with Gasteiger partial charge in [-0.25, -0.2) is 0 Å². The average Bonchev–Trinajstić information content (AvgIpc) is 3.28. The molecule has 0 saturated carbocycles. The van der Waals surface area contributed by atoms with Crippen molar-refractivity contribution in [2.75, 3.05) is 14.2 Å². The van der Waals surface area contributed by atoms with Crippen LogP contribution in [0.2, 0.25) is 0 Å². The summed E-state index contributed by atoms with van der Waals surface area (Å²) in [6.45, 7) is 7.43. The summed E-state index contributed by atoms with van der Waals surface area (Å²) in [7, 11) is 3.46. The van der Waals surface area contributed by atoms with Gasteiger partial charge in [-0.05, 0) is 25.5 Å². The number of benzene rings is 1. The van der Waals surface area contributed by atoms with Crippen molar-refractivity contribution in [3.63, 3.8) is 0 Å². The van der Waals surface area contributed by atoms with Crippen LogP contribution in [0.5, 0.6) is 11.5 Å². The Kier molecular flexibility index (Phi) is 6.44. The molecule has 0 spiro atoms. The Morgan fingerprint density at radius 1 is 1.25 bits per heavy atom. The van der Waals surface area contributed by atoms with Crippen LogP contribution in [0.15, 0.2) is 21.6 Å². The zero-order chi connectivity index (χ0) is 20.1. The molecule has 152 valence electrons. The number of methoxy groups -OCH3 is 1. The van der Waals surface area contributed by atoms with Crippen molar-refractivity contribution in [1.29, 1.82) is 0 Å². The molecule has 28 heavy (non-hydrogen) atoms. The molecule has 2 aromatic rings. The predicted molar refractivity (Wildman–Crippen MR) is 109 cm³/mol. The summed E-state index contributed by atoms with van der Waals surface area (Å²) >= 11 is 0. The molecule has 2 N–H and O–H groups in total. The molecule has 1 unspecified atom stereocenters. The molecule has 1 aromatic heterocycles. The first-order valence-corrected chi connectivity index (χ1v) is 9.86. The first-order valence-electron chi connectivity index (χ1n) is 9.86. The second-order valence-electron chi connectivity index (χ2n) is 6.92. The lowest BCUT2D eigenvalue weighted by atomic mass is 10.1. The van der Waals surface area contributed by atoms with Crippen LogP contribution in [0.1, 0.15) is 48.9 Å². The second-order valence-corrected chi connectivity index (χ2v) is 6.92. The van der Waals surface area contributed by atoms with Gasteiger partial charge in [-0.15, -0.1) is 0 Å². The van der Waals surface area contributed by atoms with Crippen molar-refractivity contribution in [2.45, 2.75) is 59.2 Å². The Bertz CT molecular complexity index is 823. The Balaban J connectivity index is 1.65. The molecule has 0 bridgehead atoms. The molecule has 0 amide bonds. The molecule has 0 fully saturated rings. The van der Waals surface area contributed by atoms with Crippen molar-refractivity contribution in [1.82, 2.24) is 15.8 Å². The maximum Gasteiger partial charge on any atom is 0.191 e. The Hall–Kier alpha value is -2.70. The van der Waals surface area contributed by atoms with Crippen LogP contribution >= 0.6 is 0 Å². The SMILES string of the molecule is CCc1noc(CC)c1CNC(=NC)NCc1cc2c(cc1OC)CC(C)O2. The van der Waals surface area contributed by atoms with Gasteiger partial charge >= 0.3 is 0 Å². The molecule has 1 aliphatic rings. The van der Waals surface area contributed by atoms with E-state index >= 15 is 0 Å². The van der Waals surface area contributed by atoms with Crippen LogP contribution in [0.3, 0.4) is 0 Å². The highest BCUT2D eigenvalue weighted by atomic mass is 16.5. The molecule has 7 heteroatoms. The van der Waals surface area contributed by atoms with E-state index in [-0.39, 0.29) is 6.10 Å². The number of ether oxygens (including phenoxy) is 2. The number of nitrogens with zero attached hydrogens (tertiary/aromatic N) is 2. The van der Waals surface area contributed by atoms with E-state index in [9.17, 15) is 0 Å². The first kappa shape index (κ1) is 20.0. The predicted octanol–water partition coefficient (Wildman–Crippen LogP) is 3.00. The van der Waals surface area contributed by atoms with Gasteiger partial charge in [0, 0.05) is 49.7 Å². The summed E-state index contributed by atoms with van der Waals surface area (Å²) in [4.78, 5) is 4.32. The zero-order valence-corrected chi connectivity index (χ0v) is 17.4. The van der Waals surface area contributed by atoms with E-state index in [2.05, 4.69) is 53.7 Å². The quantitative estimate of drug-likeness (QED) is 0.562. The number of fused-ring (bicyclic) bond motifs is 1. The topological polar surface area (TPSA) is 80.9 Å². The molecule has 0 aliphatic carbocycles. The monoisotopic (exact) mass is 386 g/mol. The Morgan fingerprint density at radius 2 is 2.04 bits per heavy atom. The van der Waals surface area contributed by atoms with E-state index in [1.54, 1.807) is 14.2 Å². The third kappa shape index (κ3) is 4.24. The molecule has 0 radical (unpaired) electrons. The molecule has 0 saturated heterocycles. The molecule has 3 rings (SSSR count). The fourth-order valence-corrected chi connectivity index (χ4v) is 3.52. The molecule has 1 atom stereocenters.